The van der Waals surface area contributed by atoms with Gasteiger partial charge in [0, 0.05) is 24.7 Å². The average molecular weight is 424 g/mol. The molecule has 0 saturated heterocycles. The number of hydrogen-bond acceptors (Lipinski definition) is 5. The van der Waals surface area contributed by atoms with Crippen molar-refractivity contribution in [3.63, 3.8) is 0 Å². The van der Waals surface area contributed by atoms with Crippen LogP contribution in [0.25, 0.3) is 22.4 Å². The Hall–Kier alpha value is -4.51. The van der Waals surface area contributed by atoms with E-state index in [-0.39, 0.29) is 16.9 Å². The number of aromatic nitrogens is 4. The van der Waals surface area contributed by atoms with Gasteiger partial charge in [-0.2, -0.15) is 15.5 Å². The lowest BCUT2D eigenvalue weighted by molar-refractivity contribution is 0.102. The number of benzene rings is 2. The van der Waals surface area contributed by atoms with Crippen LogP contribution in [0.15, 0.2) is 71.7 Å². The highest BCUT2D eigenvalue weighted by molar-refractivity contribution is 6.10. The molecule has 1 amide bonds. The van der Waals surface area contributed by atoms with Crippen LogP contribution < -0.4 is 10.9 Å². The van der Waals surface area contributed by atoms with Gasteiger partial charge in [0.15, 0.2) is 0 Å². The van der Waals surface area contributed by atoms with Crippen LogP contribution in [0.5, 0.6) is 0 Å². The lowest BCUT2D eigenvalue weighted by Gasteiger charge is -2.17. The summed E-state index contributed by atoms with van der Waals surface area (Å²) in [5.41, 5.74) is 2.07. The van der Waals surface area contributed by atoms with Crippen molar-refractivity contribution >= 4 is 11.7 Å². The van der Waals surface area contributed by atoms with Crippen LogP contribution in [0, 0.1) is 11.3 Å². The first-order chi connectivity index (χ1) is 15.5. The number of aryl methyl sites for hydroxylation is 2. The Morgan fingerprint density at radius 3 is 2.28 bits per heavy atom. The Morgan fingerprint density at radius 2 is 1.69 bits per heavy atom. The van der Waals surface area contributed by atoms with Gasteiger partial charge in [0.1, 0.15) is 23.0 Å². The van der Waals surface area contributed by atoms with Gasteiger partial charge in [0.25, 0.3) is 11.5 Å². The highest BCUT2D eigenvalue weighted by Gasteiger charge is 2.26. The molecule has 32 heavy (non-hydrogen) atoms. The van der Waals surface area contributed by atoms with E-state index in [4.69, 9.17) is 0 Å². The first kappa shape index (κ1) is 20.8. The van der Waals surface area contributed by atoms with E-state index in [2.05, 4.69) is 15.5 Å². The third-order valence-electron chi connectivity index (χ3n) is 5.08. The van der Waals surface area contributed by atoms with Gasteiger partial charge in [0.2, 0.25) is 0 Å². The first-order valence-electron chi connectivity index (χ1n) is 10.0. The zero-order valence-corrected chi connectivity index (χ0v) is 17.6. The summed E-state index contributed by atoms with van der Waals surface area (Å²) in [7, 11) is 1.61. The van der Waals surface area contributed by atoms with E-state index in [1.165, 1.54) is 15.6 Å². The van der Waals surface area contributed by atoms with E-state index in [0.717, 1.165) is 5.56 Å². The zero-order valence-electron chi connectivity index (χ0n) is 17.6. The van der Waals surface area contributed by atoms with E-state index < -0.39 is 11.5 Å². The quantitative estimate of drug-likeness (QED) is 0.528. The Kier molecular flexibility index (Phi) is 5.64. The molecule has 1 N–H and O–H groups in total. The second-order valence-electron chi connectivity index (χ2n) is 7.05. The number of nitrogens with zero attached hydrogens (tertiary/aromatic N) is 5. The van der Waals surface area contributed by atoms with E-state index in [0.29, 0.717) is 23.4 Å². The van der Waals surface area contributed by atoms with Crippen LogP contribution in [0.3, 0.4) is 0 Å². The molecule has 158 valence electrons. The number of rotatable bonds is 5. The largest absolute Gasteiger partial charge is 0.305 e. The molecule has 4 aromatic rings. The summed E-state index contributed by atoms with van der Waals surface area (Å²) in [6.07, 6.45) is 1.36. The van der Waals surface area contributed by atoms with Crippen molar-refractivity contribution in [2.75, 3.05) is 5.32 Å². The molecule has 0 aliphatic rings. The van der Waals surface area contributed by atoms with Crippen LogP contribution in [0.2, 0.25) is 0 Å². The monoisotopic (exact) mass is 424 g/mol. The van der Waals surface area contributed by atoms with Gasteiger partial charge in [0.05, 0.1) is 11.9 Å². The van der Waals surface area contributed by atoms with Crippen molar-refractivity contribution in [2.24, 2.45) is 7.05 Å². The number of carbonyl (C=O) groups excluding carboxylic acids is 1. The fraction of sp³-hybridized carbons (Fsp3) is 0.125. The number of carbonyl (C=O) groups is 1. The van der Waals surface area contributed by atoms with Crippen LogP contribution in [-0.2, 0) is 13.6 Å². The molecule has 0 radical (unpaired) electrons. The smallest absolute Gasteiger partial charge is 0.280 e. The fourth-order valence-electron chi connectivity index (χ4n) is 3.52. The molecule has 0 aliphatic heterocycles. The molecule has 8 nitrogen and oxygen atoms in total. The van der Waals surface area contributed by atoms with Crippen molar-refractivity contribution in [3.8, 4) is 28.5 Å². The molecule has 0 aliphatic carbocycles. The normalized spacial score (nSPS) is 10.5. The summed E-state index contributed by atoms with van der Waals surface area (Å²) in [6, 6.07) is 20.6. The molecule has 4 rings (SSSR count). The molecule has 0 unspecified atom stereocenters. The van der Waals surface area contributed by atoms with Gasteiger partial charge >= 0.3 is 0 Å². The predicted molar refractivity (Wildman–Crippen MR) is 121 cm³/mol. The molecule has 0 bridgehead atoms. The van der Waals surface area contributed by atoms with Gasteiger partial charge in [-0.3, -0.25) is 14.3 Å². The minimum Gasteiger partial charge on any atom is -0.305 e. The van der Waals surface area contributed by atoms with Gasteiger partial charge < -0.3 is 5.32 Å². The lowest BCUT2D eigenvalue weighted by Crippen LogP contribution is -2.32. The topological polar surface area (TPSA) is 106 Å². The summed E-state index contributed by atoms with van der Waals surface area (Å²) >= 11 is 0. The maximum absolute atomic E-state index is 13.5. The number of amides is 1. The molecule has 2 heterocycles. The summed E-state index contributed by atoms with van der Waals surface area (Å²) in [5, 5.41) is 20.7. The van der Waals surface area contributed by atoms with Crippen molar-refractivity contribution in [1.29, 1.82) is 5.26 Å². The Balaban J connectivity index is 2.00. The van der Waals surface area contributed by atoms with Crippen LogP contribution >= 0.6 is 0 Å². The van der Waals surface area contributed by atoms with E-state index in [1.807, 2.05) is 66.7 Å². The number of hydrogen-bond donors (Lipinski definition) is 1. The third-order valence-corrected chi connectivity index (χ3v) is 5.08. The summed E-state index contributed by atoms with van der Waals surface area (Å²) < 4.78 is 2.66. The Morgan fingerprint density at radius 1 is 1.06 bits per heavy atom. The summed E-state index contributed by atoms with van der Waals surface area (Å²) in [5.74, 6) is -0.409. The van der Waals surface area contributed by atoms with Crippen LogP contribution in [0.4, 0.5) is 5.82 Å². The first-order valence-corrected chi connectivity index (χ1v) is 10.0. The maximum atomic E-state index is 13.5. The van der Waals surface area contributed by atoms with E-state index >= 15 is 0 Å². The second-order valence-corrected chi connectivity index (χ2v) is 7.05. The molecule has 0 fully saturated rings. The predicted octanol–water partition coefficient (Wildman–Crippen LogP) is 3.45. The zero-order chi connectivity index (χ0) is 22.7. The number of nitrogens with one attached hydrogen (secondary N) is 1. The molecular formula is C24H20N6O2. The Labute approximate surface area is 184 Å². The third kappa shape index (κ3) is 3.68. The maximum Gasteiger partial charge on any atom is 0.280 e. The van der Waals surface area contributed by atoms with Gasteiger partial charge in [-0.15, -0.1) is 0 Å². The molecular weight excluding hydrogens is 404 g/mol. The summed E-state index contributed by atoms with van der Waals surface area (Å²) in [6.45, 7) is 2.09. The highest BCUT2D eigenvalue weighted by Crippen LogP contribution is 2.32. The molecule has 0 atom stereocenters. The summed E-state index contributed by atoms with van der Waals surface area (Å²) in [4.78, 5) is 26.8. The van der Waals surface area contributed by atoms with Crippen LogP contribution in [-0.4, -0.2) is 25.5 Å². The minimum absolute atomic E-state index is 0.0445. The number of nitriles is 1. The van der Waals surface area contributed by atoms with Crippen molar-refractivity contribution in [2.45, 2.75) is 13.5 Å². The highest BCUT2D eigenvalue weighted by atomic mass is 16.2. The Bertz CT molecular complexity index is 1380. The average Bonchev–Trinajstić information content (AvgIpc) is 3.18. The molecule has 0 spiro atoms. The SMILES string of the molecule is CCn1nc(-c2ccccc2)c(-c2ccccc2)c(C(=O)Nc2c(C#N)cnn2C)c1=O. The minimum atomic E-state index is -0.629. The standard InChI is InChI=1S/C24H20N6O2/c1-3-30-24(32)20(23(31)27-22-18(14-25)15-26-29(22)2)19(16-10-6-4-7-11-16)21(28-30)17-12-8-5-9-13-17/h4-13,15H,3H2,1-2H3,(H,27,31). The van der Waals surface area contributed by atoms with Crippen molar-refractivity contribution in [1.82, 2.24) is 19.6 Å². The van der Waals surface area contributed by atoms with Crippen LogP contribution in [0.1, 0.15) is 22.8 Å². The van der Waals surface area contributed by atoms with Crippen molar-refractivity contribution < 1.29 is 4.79 Å². The van der Waals surface area contributed by atoms with E-state index in [1.54, 1.807) is 14.0 Å². The van der Waals surface area contributed by atoms with Gasteiger partial charge in [-0.05, 0) is 12.5 Å². The molecule has 2 aromatic carbocycles. The molecule has 0 saturated carbocycles. The van der Waals surface area contributed by atoms with Gasteiger partial charge in [-0.1, -0.05) is 60.7 Å². The second kappa shape index (κ2) is 8.70. The van der Waals surface area contributed by atoms with Gasteiger partial charge in [-0.25, -0.2) is 4.68 Å². The molecule has 8 heteroatoms. The number of anilines is 1. The van der Waals surface area contributed by atoms with E-state index in [9.17, 15) is 14.9 Å². The lowest BCUT2D eigenvalue weighted by atomic mass is 9.95. The van der Waals surface area contributed by atoms with Crippen molar-refractivity contribution in [3.05, 3.63) is 88.3 Å². The fourth-order valence-corrected chi connectivity index (χ4v) is 3.52. The molecule has 2 aromatic heterocycles.